The number of nitrogens with one attached hydrogen (secondary N) is 2. The lowest BCUT2D eigenvalue weighted by atomic mass is 10.1. The highest BCUT2D eigenvalue weighted by Crippen LogP contribution is 2.22. The molecule has 1 amide bonds. The van der Waals surface area contributed by atoms with Crippen molar-refractivity contribution in [1.29, 1.82) is 0 Å². The van der Waals surface area contributed by atoms with Crippen molar-refractivity contribution in [3.05, 3.63) is 33.8 Å². The second-order valence-electron chi connectivity index (χ2n) is 4.86. The van der Waals surface area contributed by atoms with Gasteiger partial charge < -0.3 is 10.6 Å². The first kappa shape index (κ1) is 14.6. The Morgan fingerprint density at radius 2 is 2.21 bits per heavy atom. The van der Waals surface area contributed by atoms with E-state index >= 15 is 0 Å². The largest absolute Gasteiger partial charge is 0.356 e. The van der Waals surface area contributed by atoms with Crippen molar-refractivity contribution in [2.24, 2.45) is 0 Å². The summed E-state index contributed by atoms with van der Waals surface area (Å²) in [7, 11) is 0. The third kappa shape index (κ3) is 4.68. The molecule has 0 radical (unpaired) electrons. The number of rotatable bonds is 5. The number of hydrogen-bond acceptors (Lipinski definition) is 2. The van der Waals surface area contributed by atoms with Gasteiger partial charge in [-0.25, -0.2) is 0 Å². The summed E-state index contributed by atoms with van der Waals surface area (Å²) in [6.07, 6.45) is 3.78. The van der Waals surface area contributed by atoms with Gasteiger partial charge >= 0.3 is 0 Å². The Morgan fingerprint density at radius 3 is 2.89 bits per heavy atom. The standard InChI is InChI=1S/C14H18Cl2N2O/c15-12-4-3-10(8-13(12)16)9-14(19)18-7-5-11-2-1-6-17-11/h3-4,8,11,17H,1-2,5-7,9H2,(H,18,19). The maximum absolute atomic E-state index is 11.8. The summed E-state index contributed by atoms with van der Waals surface area (Å²) < 4.78 is 0. The van der Waals surface area contributed by atoms with E-state index in [2.05, 4.69) is 10.6 Å². The number of halogens is 2. The van der Waals surface area contributed by atoms with E-state index in [4.69, 9.17) is 23.2 Å². The average Bonchev–Trinajstić information content (AvgIpc) is 2.87. The number of amides is 1. The van der Waals surface area contributed by atoms with Gasteiger partial charge in [0, 0.05) is 12.6 Å². The summed E-state index contributed by atoms with van der Waals surface area (Å²) in [6, 6.07) is 5.84. The highest BCUT2D eigenvalue weighted by atomic mass is 35.5. The first-order valence-corrected chi connectivity index (χ1v) is 7.35. The van der Waals surface area contributed by atoms with E-state index in [0.717, 1.165) is 25.1 Å². The number of hydrogen-bond donors (Lipinski definition) is 2. The molecule has 0 spiro atoms. The van der Waals surface area contributed by atoms with Gasteiger partial charge in [0.15, 0.2) is 0 Å². The zero-order chi connectivity index (χ0) is 13.7. The Hall–Kier alpha value is -0.770. The Labute approximate surface area is 123 Å². The number of benzene rings is 1. The van der Waals surface area contributed by atoms with E-state index in [1.54, 1.807) is 12.1 Å². The monoisotopic (exact) mass is 300 g/mol. The van der Waals surface area contributed by atoms with Gasteiger partial charge in [-0.2, -0.15) is 0 Å². The maximum atomic E-state index is 11.8. The molecule has 1 saturated heterocycles. The van der Waals surface area contributed by atoms with Crippen molar-refractivity contribution in [3.8, 4) is 0 Å². The maximum Gasteiger partial charge on any atom is 0.224 e. The van der Waals surface area contributed by atoms with E-state index in [1.165, 1.54) is 12.8 Å². The highest BCUT2D eigenvalue weighted by Gasteiger charge is 2.13. The van der Waals surface area contributed by atoms with E-state index in [0.29, 0.717) is 22.5 Å². The average molecular weight is 301 g/mol. The highest BCUT2D eigenvalue weighted by molar-refractivity contribution is 6.42. The van der Waals surface area contributed by atoms with Gasteiger partial charge in [-0.05, 0) is 43.5 Å². The minimum absolute atomic E-state index is 0.0244. The minimum Gasteiger partial charge on any atom is -0.356 e. The molecule has 1 aliphatic heterocycles. The molecule has 0 aliphatic carbocycles. The van der Waals surface area contributed by atoms with Crippen molar-refractivity contribution in [2.75, 3.05) is 13.1 Å². The van der Waals surface area contributed by atoms with Crippen molar-refractivity contribution < 1.29 is 4.79 Å². The molecule has 3 nitrogen and oxygen atoms in total. The lowest BCUT2D eigenvalue weighted by Crippen LogP contribution is -2.31. The second kappa shape index (κ2) is 7.13. The van der Waals surface area contributed by atoms with Crippen LogP contribution in [-0.4, -0.2) is 25.0 Å². The predicted molar refractivity (Wildman–Crippen MR) is 78.8 cm³/mol. The molecule has 1 heterocycles. The molecule has 0 aromatic heterocycles. The van der Waals surface area contributed by atoms with Crippen molar-refractivity contribution in [3.63, 3.8) is 0 Å². The van der Waals surface area contributed by atoms with Gasteiger partial charge in [0.05, 0.1) is 16.5 Å². The van der Waals surface area contributed by atoms with Crippen molar-refractivity contribution >= 4 is 29.1 Å². The van der Waals surface area contributed by atoms with E-state index < -0.39 is 0 Å². The molecule has 0 saturated carbocycles. The molecule has 0 bridgehead atoms. The fourth-order valence-corrected chi connectivity index (χ4v) is 2.61. The van der Waals surface area contributed by atoms with E-state index in [-0.39, 0.29) is 5.91 Å². The predicted octanol–water partition coefficient (Wildman–Crippen LogP) is 2.79. The summed E-state index contributed by atoms with van der Waals surface area (Å²) >= 11 is 11.7. The van der Waals surface area contributed by atoms with Crippen LogP contribution in [0.5, 0.6) is 0 Å². The molecule has 1 fully saturated rings. The fraction of sp³-hybridized carbons (Fsp3) is 0.500. The zero-order valence-corrected chi connectivity index (χ0v) is 12.2. The smallest absolute Gasteiger partial charge is 0.224 e. The summed E-state index contributed by atoms with van der Waals surface area (Å²) in [5, 5.41) is 7.35. The molecule has 19 heavy (non-hydrogen) atoms. The van der Waals surface area contributed by atoms with Gasteiger partial charge in [0.1, 0.15) is 0 Å². The molecule has 1 aromatic carbocycles. The molecule has 2 N–H and O–H groups in total. The van der Waals surface area contributed by atoms with Crippen LogP contribution in [-0.2, 0) is 11.2 Å². The van der Waals surface area contributed by atoms with Crippen LogP contribution in [0.1, 0.15) is 24.8 Å². The molecule has 5 heteroatoms. The Bertz CT molecular complexity index is 445. The molecule has 104 valence electrons. The second-order valence-corrected chi connectivity index (χ2v) is 5.67. The SMILES string of the molecule is O=C(Cc1ccc(Cl)c(Cl)c1)NCCC1CCCN1. The van der Waals surface area contributed by atoms with E-state index in [9.17, 15) is 4.79 Å². The summed E-state index contributed by atoms with van der Waals surface area (Å²) in [5.41, 5.74) is 0.880. The molecule has 2 rings (SSSR count). The molecule has 1 aliphatic rings. The Kier molecular flexibility index (Phi) is 5.49. The quantitative estimate of drug-likeness (QED) is 0.878. The molecule has 1 aromatic rings. The van der Waals surface area contributed by atoms with Crippen LogP contribution in [0.3, 0.4) is 0 Å². The molecular formula is C14H18Cl2N2O. The van der Waals surface area contributed by atoms with Crippen LogP contribution in [0, 0.1) is 0 Å². The van der Waals surface area contributed by atoms with Gasteiger partial charge in [0.2, 0.25) is 5.91 Å². The number of carbonyl (C=O) groups excluding carboxylic acids is 1. The molecular weight excluding hydrogens is 283 g/mol. The van der Waals surface area contributed by atoms with Crippen LogP contribution < -0.4 is 10.6 Å². The van der Waals surface area contributed by atoms with Gasteiger partial charge in [0.25, 0.3) is 0 Å². The minimum atomic E-state index is 0.0244. The first-order chi connectivity index (χ1) is 9.15. The van der Waals surface area contributed by atoms with Crippen LogP contribution in [0.2, 0.25) is 10.0 Å². The van der Waals surface area contributed by atoms with Gasteiger partial charge in [-0.1, -0.05) is 29.3 Å². The summed E-state index contributed by atoms with van der Waals surface area (Å²) in [6.45, 7) is 1.82. The van der Waals surface area contributed by atoms with E-state index in [1.807, 2.05) is 6.07 Å². The fourth-order valence-electron chi connectivity index (χ4n) is 2.29. The lowest BCUT2D eigenvalue weighted by Gasteiger charge is -2.11. The molecule has 1 atom stereocenters. The Morgan fingerprint density at radius 1 is 1.37 bits per heavy atom. The normalized spacial score (nSPS) is 18.5. The summed E-state index contributed by atoms with van der Waals surface area (Å²) in [4.78, 5) is 11.8. The van der Waals surface area contributed by atoms with Gasteiger partial charge in [-0.15, -0.1) is 0 Å². The molecule has 1 unspecified atom stereocenters. The Balaban J connectivity index is 1.72. The van der Waals surface area contributed by atoms with Crippen LogP contribution in [0.25, 0.3) is 0 Å². The zero-order valence-electron chi connectivity index (χ0n) is 10.7. The van der Waals surface area contributed by atoms with Gasteiger partial charge in [-0.3, -0.25) is 4.79 Å². The van der Waals surface area contributed by atoms with Crippen LogP contribution >= 0.6 is 23.2 Å². The van der Waals surface area contributed by atoms with Crippen molar-refractivity contribution in [2.45, 2.75) is 31.7 Å². The first-order valence-electron chi connectivity index (χ1n) is 6.59. The van der Waals surface area contributed by atoms with Crippen LogP contribution in [0.15, 0.2) is 18.2 Å². The number of carbonyl (C=O) groups is 1. The lowest BCUT2D eigenvalue weighted by molar-refractivity contribution is -0.120. The van der Waals surface area contributed by atoms with Crippen LogP contribution in [0.4, 0.5) is 0 Å². The topological polar surface area (TPSA) is 41.1 Å². The van der Waals surface area contributed by atoms with Crippen molar-refractivity contribution in [1.82, 2.24) is 10.6 Å². The summed E-state index contributed by atoms with van der Waals surface area (Å²) in [5.74, 6) is 0.0244. The third-order valence-corrected chi connectivity index (χ3v) is 4.07. The third-order valence-electron chi connectivity index (χ3n) is 3.33.